The van der Waals surface area contributed by atoms with Crippen molar-refractivity contribution in [1.82, 2.24) is 9.38 Å². The number of rotatable bonds is 6. The van der Waals surface area contributed by atoms with Gasteiger partial charge in [-0.2, -0.15) is 0 Å². The number of nitrogens with one attached hydrogen (secondary N) is 1. The van der Waals surface area contributed by atoms with Gasteiger partial charge in [0.1, 0.15) is 12.4 Å². The van der Waals surface area contributed by atoms with Crippen molar-refractivity contribution >= 4 is 32.0 Å². The molecule has 2 aromatic heterocycles. The van der Waals surface area contributed by atoms with Gasteiger partial charge in [-0.1, -0.05) is 23.8 Å². The third-order valence-electron chi connectivity index (χ3n) is 4.71. The largest absolute Gasteiger partial charge is 0.485 e. The summed E-state index contributed by atoms with van der Waals surface area (Å²) in [6.45, 7) is 5.64. The molecule has 2 heterocycles. The molecular weight excluding hydrogens is 434 g/mol. The molecule has 0 aliphatic carbocycles. The Morgan fingerprint density at radius 2 is 1.74 bits per heavy atom. The van der Waals surface area contributed by atoms with E-state index in [1.165, 1.54) is 17.4 Å². The van der Waals surface area contributed by atoms with E-state index in [0.717, 1.165) is 16.8 Å². The molecule has 0 saturated carbocycles. The van der Waals surface area contributed by atoms with Gasteiger partial charge in [-0.05, 0) is 50.6 Å². The molecule has 4 rings (SSSR count). The second-order valence-electron chi connectivity index (χ2n) is 7.29. The van der Waals surface area contributed by atoms with Crippen molar-refractivity contribution in [2.75, 3.05) is 4.72 Å². The summed E-state index contributed by atoms with van der Waals surface area (Å²) in [6.07, 6.45) is 0. The van der Waals surface area contributed by atoms with Gasteiger partial charge in [-0.25, -0.2) is 13.4 Å². The van der Waals surface area contributed by atoms with Gasteiger partial charge in [-0.3, -0.25) is 13.9 Å². The van der Waals surface area contributed by atoms with Crippen LogP contribution < -0.4 is 15.0 Å². The van der Waals surface area contributed by atoms with Gasteiger partial charge in [0.05, 0.1) is 16.3 Å². The van der Waals surface area contributed by atoms with Crippen molar-refractivity contribution in [3.63, 3.8) is 0 Å². The van der Waals surface area contributed by atoms with Crippen LogP contribution in [0.25, 0.3) is 4.96 Å². The van der Waals surface area contributed by atoms with Crippen LogP contribution in [0, 0.1) is 20.8 Å². The standard InChI is InChI=1S/C22H21N3O4S2/c1-14-4-7-18(8-5-14)31(27,28)24-19-10-15(2)6-9-20(19)29-12-17-11-21(26)25-16(3)13-30-22(25)23-17/h4-11,13,24H,12H2,1-3H3. The Bertz CT molecular complexity index is 1420. The molecule has 0 spiro atoms. The van der Waals surface area contributed by atoms with Crippen molar-refractivity contribution in [3.8, 4) is 5.75 Å². The third kappa shape index (κ3) is 4.47. The van der Waals surface area contributed by atoms with E-state index in [0.29, 0.717) is 22.1 Å². The summed E-state index contributed by atoms with van der Waals surface area (Å²) in [5.41, 5.74) is 3.30. The van der Waals surface area contributed by atoms with Crippen LogP contribution in [0.4, 0.5) is 5.69 Å². The maximum absolute atomic E-state index is 12.8. The SMILES string of the molecule is Cc1ccc(S(=O)(=O)Nc2cc(C)ccc2OCc2cc(=O)n3c(C)csc3n2)cc1. The first-order valence-electron chi connectivity index (χ1n) is 9.53. The number of ether oxygens (including phenoxy) is 1. The molecule has 160 valence electrons. The van der Waals surface area contributed by atoms with E-state index >= 15 is 0 Å². The summed E-state index contributed by atoms with van der Waals surface area (Å²) in [7, 11) is -3.78. The molecule has 0 radical (unpaired) electrons. The second kappa shape index (κ2) is 8.16. The van der Waals surface area contributed by atoms with Crippen LogP contribution in [0.2, 0.25) is 0 Å². The fourth-order valence-electron chi connectivity index (χ4n) is 3.10. The summed E-state index contributed by atoms with van der Waals surface area (Å²) in [5, 5.41) is 1.87. The first kappa shape index (κ1) is 21.1. The van der Waals surface area contributed by atoms with E-state index in [4.69, 9.17) is 4.74 Å². The first-order valence-corrected chi connectivity index (χ1v) is 11.9. The zero-order valence-electron chi connectivity index (χ0n) is 17.2. The molecule has 0 aliphatic heterocycles. The van der Waals surface area contributed by atoms with Crippen molar-refractivity contribution in [2.24, 2.45) is 0 Å². The van der Waals surface area contributed by atoms with Crippen LogP contribution in [-0.4, -0.2) is 17.8 Å². The van der Waals surface area contributed by atoms with E-state index in [1.807, 2.05) is 32.2 Å². The monoisotopic (exact) mass is 455 g/mol. The lowest BCUT2D eigenvalue weighted by atomic mass is 10.2. The van der Waals surface area contributed by atoms with E-state index < -0.39 is 10.0 Å². The molecule has 0 saturated heterocycles. The van der Waals surface area contributed by atoms with E-state index in [2.05, 4.69) is 9.71 Å². The van der Waals surface area contributed by atoms with Crippen LogP contribution in [0.3, 0.4) is 0 Å². The Hall–Kier alpha value is -3.17. The lowest BCUT2D eigenvalue weighted by Gasteiger charge is -2.14. The van der Waals surface area contributed by atoms with Crippen molar-refractivity contribution in [2.45, 2.75) is 32.3 Å². The zero-order valence-corrected chi connectivity index (χ0v) is 18.9. The summed E-state index contributed by atoms with van der Waals surface area (Å²) in [6, 6.07) is 13.3. The van der Waals surface area contributed by atoms with Crippen molar-refractivity contribution < 1.29 is 13.2 Å². The summed E-state index contributed by atoms with van der Waals surface area (Å²) in [5.74, 6) is 0.352. The quantitative estimate of drug-likeness (QED) is 0.474. The van der Waals surface area contributed by atoms with E-state index in [-0.39, 0.29) is 17.1 Å². The summed E-state index contributed by atoms with van der Waals surface area (Å²) < 4.78 is 35.7. The third-order valence-corrected chi connectivity index (χ3v) is 7.04. The average molecular weight is 456 g/mol. The molecule has 31 heavy (non-hydrogen) atoms. The average Bonchev–Trinajstić information content (AvgIpc) is 3.08. The molecule has 0 atom stereocenters. The van der Waals surface area contributed by atoms with Crippen LogP contribution >= 0.6 is 11.3 Å². The highest BCUT2D eigenvalue weighted by atomic mass is 32.2. The lowest BCUT2D eigenvalue weighted by Crippen LogP contribution is -2.16. The lowest BCUT2D eigenvalue weighted by molar-refractivity contribution is 0.303. The van der Waals surface area contributed by atoms with Gasteiger partial charge in [0.25, 0.3) is 15.6 Å². The Morgan fingerprint density at radius 1 is 1.03 bits per heavy atom. The minimum absolute atomic E-state index is 0.0327. The number of fused-ring (bicyclic) bond motifs is 1. The zero-order chi connectivity index (χ0) is 22.2. The van der Waals surface area contributed by atoms with Crippen molar-refractivity contribution in [1.29, 1.82) is 0 Å². The van der Waals surface area contributed by atoms with Gasteiger partial charge in [0.15, 0.2) is 4.96 Å². The van der Waals surface area contributed by atoms with Gasteiger partial charge < -0.3 is 4.74 Å². The van der Waals surface area contributed by atoms with Crippen LogP contribution in [0.1, 0.15) is 22.5 Å². The minimum Gasteiger partial charge on any atom is -0.485 e. The van der Waals surface area contributed by atoms with Gasteiger partial charge in [0, 0.05) is 17.1 Å². The first-order chi connectivity index (χ1) is 14.7. The van der Waals surface area contributed by atoms with Crippen molar-refractivity contribution in [3.05, 3.63) is 86.8 Å². The molecule has 7 nitrogen and oxygen atoms in total. The highest BCUT2D eigenvalue weighted by molar-refractivity contribution is 7.92. The number of thiazole rings is 1. The molecule has 0 unspecified atom stereocenters. The van der Waals surface area contributed by atoms with E-state index in [1.54, 1.807) is 40.8 Å². The van der Waals surface area contributed by atoms with Gasteiger partial charge in [-0.15, -0.1) is 11.3 Å². The predicted molar refractivity (Wildman–Crippen MR) is 122 cm³/mol. The Labute approximate surface area is 184 Å². The number of aromatic nitrogens is 2. The molecular formula is C22H21N3O4S2. The van der Waals surface area contributed by atoms with Crippen LogP contribution in [0.15, 0.2) is 63.6 Å². The molecule has 2 aromatic carbocycles. The maximum atomic E-state index is 12.8. The Morgan fingerprint density at radius 3 is 2.48 bits per heavy atom. The second-order valence-corrected chi connectivity index (χ2v) is 9.81. The van der Waals surface area contributed by atoms with Crippen LogP contribution in [0.5, 0.6) is 5.75 Å². The topological polar surface area (TPSA) is 89.8 Å². The van der Waals surface area contributed by atoms with Gasteiger partial charge >= 0.3 is 0 Å². The summed E-state index contributed by atoms with van der Waals surface area (Å²) in [4.78, 5) is 17.6. The number of hydrogen-bond donors (Lipinski definition) is 1. The normalized spacial score (nSPS) is 11.6. The molecule has 4 aromatic rings. The minimum atomic E-state index is -3.78. The molecule has 0 bridgehead atoms. The number of aryl methyl sites for hydroxylation is 3. The molecule has 0 aliphatic rings. The number of sulfonamides is 1. The Balaban J connectivity index is 1.60. The van der Waals surface area contributed by atoms with Gasteiger partial charge in [0.2, 0.25) is 0 Å². The highest BCUT2D eigenvalue weighted by Gasteiger charge is 2.17. The fraction of sp³-hybridized carbons (Fsp3) is 0.182. The Kier molecular flexibility index (Phi) is 5.55. The smallest absolute Gasteiger partial charge is 0.262 e. The molecule has 9 heteroatoms. The predicted octanol–water partition coefficient (Wildman–Crippen LogP) is 4.06. The molecule has 1 N–H and O–H groups in total. The number of anilines is 1. The fourth-order valence-corrected chi connectivity index (χ4v) is 5.05. The molecule has 0 fully saturated rings. The number of benzene rings is 2. The number of hydrogen-bond acceptors (Lipinski definition) is 6. The summed E-state index contributed by atoms with van der Waals surface area (Å²) >= 11 is 1.38. The highest BCUT2D eigenvalue weighted by Crippen LogP contribution is 2.29. The van der Waals surface area contributed by atoms with Crippen LogP contribution in [-0.2, 0) is 16.6 Å². The van der Waals surface area contributed by atoms with E-state index in [9.17, 15) is 13.2 Å². The number of nitrogens with zero attached hydrogens (tertiary/aromatic N) is 2. The molecule has 0 amide bonds. The maximum Gasteiger partial charge on any atom is 0.262 e.